The molecule has 5 nitrogen and oxygen atoms in total. The molecule has 68 valence electrons. The zero-order chi connectivity index (χ0) is 9.56. The second-order valence-corrected chi connectivity index (χ2v) is 2.04. The SMILES string of the molecule is CCOC(=O)C(Cl)=NOC(C)=O. The highest BCUT2D eigenvalue weighted by Gasteiger charge is 2.09. The molecule has 0 spiro atoms. The molecule has 0 aromatic rings. The summed E-state index contributed by atoms with van der Waals surface area (Å²) in [6.45, 7) is 2.94. The summed E-state index contributed by atoms with van der Waals surface area (Å²) in [5, 5.41) is 2.49. The fourth-order valence-electron chi connectivity index (χ4n) is 0.332. The van der Waals surface area contributed by atoms with Crippen LogP contribution >= 0.6 is 11.6 Å². The number of nitrogens with zero attached hydrogens (tertiary/aromatic N) is 1. The van der Waals surface area contributed by atoms with Gasteiger partial charge in [-0.3, -0.25) is 0 Å². The maximum Gasteiger partial charge on any atom is 0.372 e. The Bertz CT molecular complexity index is 214. The third-order valence-corrected chi connectivity index (χ3v) is 0.922. The molecule has 12 heavy (non-hydrogen) atoms. The lowest BCUT2D eigenvalue weighted by Gasteiger charge is -1.96. The van der Waals surface area contributed by atoms with Crippen LogP contribution in [-0.4, -0.2) is 23.7 Å². The van der Waals surface area contributed by atoms with Gasteiger partial charge >= 0.3 is 11.9 Å². The number of ether oxygens (including phenoxy) is 1. The summed E-state index contributed by atoms with van der Waals surface area (Å²) in [7, 11) is 0. The summed E-state index contributed by atoms with van der Waals surface area (Å²) >= 11 is 5.25. The summed E-state index contributed by atoms with van der Waals surface area (Å²) < 4.78 is 4.44. The summed E-state index contributed by atoms with van der Waals surface area (Å²) in [6.07, 6.45) is 0. The zero-order valence-electron chi connectivity index (χ0n) is 6.67. The van der Waals surface area contributed by atoms with Gasteiger partial charge < -0.3 is 9.57 Å². The van der Waals surface area contributed by atoms with Crippen molar-refractivity contribution in [3.63, 3.8) is 0 Å². The minimum atomic E-state index is -0.819. The van der Waals surface area contributed by atoms with Crippen molar-refractivity contribution >= 4 is 28.7 Å². The van der Waals surface area contributed by atoms with Crippen LogP contribution in [0.1, 0.15) is 13.8 Å². The van der Waals surface area contributed by atoms with Crippen molar-refractivity contribution in [1.82, 2.24) is 0 Å². The van der Waals surface area contributed by atoms with Crippen molar-refractivity contribution < 1.29 is 19.2 Å². The monoisotopic (exact) mass is 193 g/mol. The maximum absolute atomic E-state index is 10.7. The molecule has 0 aromatic heterocycles. The number of carbonyl (C=O) groups excluding carboxylic acids is 2. The van der Waals surface area contributed by atoms with E-state index in [1.165, 1.54) is 0 Å². The van der Waals surface area contributed by atoms with Crippen molar-refractivity contribution in [2.24, 2.45) is 5.16 Å². The highest BCUT2D eigenvalue weighted by atomic mass is 35.5. The predicted octanol–water partition coefficient (Wildman–Crippen LogP) is 0.665. The van der Waals surface area contributed by atoms with Crippen molar-refractivity contribution in [2.45, 2.75) is 13.8 Å². The number of hydrogen-bond donors (Lipinski definition) is 0. The molecule has 0 unspecified atom stereocenters. The molecular formula is C6H8ClNO4. The van der Waals surface area contributed by atoms with Gasteiger partial charge in [0.1, 0.15) is 0 Å². The summed E-state index contributed by atoms with van der Waals surface area (Å²) in [5.74, 6) is -1.47. The van der Waals surface area contributed by atoms with Gasteiger partial charge in [-0.15, -0.1) is 0 Å². The van der Waals surface area contributed by atoms with Crippen LogP contribution in [0.4, 0.5) is 0 Å². The molecule has 0 aliphatic carbocycles. The number of esters is 1. The van der Waals surface area contributed by atoms with Crippen LogP contribution in [0.25, 0.3) is 0 Å². The van der Waals surface area contributed by atoms with E-state index in [0.717, 1.165) is 6.92 Å². The lowest BCUT2D eigenvalue weighted by molar-refractivity contribution is -0.141. The maximum atomic E-state index is 10.7. The van der Waals surface area contributed by atoms with E-state index < -0.39 is 17.1 Å². The molecule has 0 rings (SSSR count). The first-order valence-corrected chi connectivity index (χ1v) is 3.54. The van der Waals surface area contributed by atoms with E-state index in [2.05, 4.69) is 14.7 Å². The predicted molar refractivity (Wildman–Crippen MR) is 41.7 cm³/mol. The van der Waals surface area contributed by atoms with Crippen LogP contribution in [0.2, 0.25) is 0 Å². The molecule has 0 bridgehead atoms. The number of hydrogen-bond acceptors (Lipinski definition) is 5. The molecular weight excluding hydrogens is 186 g/mol. The molecule has 0 aliphatic heterocycles. The first kappa shape index (κ1) is 10.9. The lowest BCUT2D eigenvalue weighted by atomic mass is 10.7. The molecule has 0 fully saturated rings. The topological polar surface area (TPSA) is 65.0 Å². The van der Waals surface area contributed by atoms with E-state index >= 15 is 0 Å². The Kier molecular flexibility index (Phi) is 5.03. The smallest absolute Gasteiger partial charge is 0.372 e. The Morgan fingerprint density at radius 1 is 1.50 bits per heavy atom. The zero-order valence-corrected chi connectivity index (χ0v) is 7.42. The highest BCUT2D eigenvalue weighted by molar-refractivity contribution is 6.81. The van der Waals surface area contributed by atoms with E-state index in [0.29, 0.717) is 0 Å². The number of halogens is 1. The van der Waals surface area contributed by atoms with Crippen LogP contribution in [0.3, 0.4) is 0 Å². The lowest BCUT2D eigenvalue weighted by Crippen LogP contribution is -2.12. The molecule has 0 N–H and O–H groups in total. The minimum Gasteiger partial charge on any atom is -0.461 e. The molecule has 0 radical (unpaired) electrons. The van der Waals surface area contributed by atoms with E-state index in [-0.39, 0.29) is 6.61 Å². The highest BCUT2D eigenvalue weighted by Crippen LogP contribution is 1.92. The van der Waals surface area contributed by atoms with Crippen LogP contribution in [0, 0.1) is 0 Å². The van der Waals surface area contributed by atoms with Gasteiger partial charge in [-0.05, 0) is 6.92 Å². The molecule has 0 saturated heterocycles. The second-order valence-electron chi connectivity index (χ2n) is 1.69. The first-order valence-electron chi connectivity index (χ1n) is 3.16. The van der Waals surface area contributed by atoms with Crippen LogP contribution in [0.15, 0.2) is 5.16 Å². The third kappa shape index (κ3) is 4.68. The van der Waals surface area contributed by atoms with Crippen LogP contribution in [0.5, 0.6) is 0 Å². The summed E-state index contributed by atoms with van der Waals surface area (Å²) in [4.78, 5) is 25.0. The van der Waals surface area contributed by atoms with Gasteiger partial charge in [0.25, 0.3) is 5.17 Å². The van der Waals surface area contributed by atoms with Crippen LogP contribution < -0.4 is 0 Å². The van der Waals surface area contributed by atoms with Crippen LogP contribution in [-0.2, 0) is 19.2 Å². The minimum absolute atomic E-state index is 0.185. The normalized spacial score (nSPS) is 10.8. The van der Waals surface area contributed by atoms with Gasteiger partial charge in [-0.2, -0.15) is 0 Å². The Morgan fingerprint density at radius 2 is 2.08 bits per heavy atom. The summed E-state index contributed by atoms with van der Waals surface area (Å²) in [5.41, 5.74) is 0. The van der Waals surface area contributed by atoms with Gasteiger partial charge in [-0.25, -0.2) is 9.59 Å². The third-order valence-electron chi connectivity index (χ3n) is 0.698. The molecule has 0 atom stereocenters. The number of oxime groups is 1. The van der Waals surface area contributed by atoms with Gasteiger partial charge in [0.15, 0.2) is 0 Å². The van der Waals surface area contributed by atoms with Crippen molar-refractivity contribution in [3.8, 4) is 0 Å². The quantitative estimate of drug-likeness (QED) is 0.286. The average molecular weight is 194 g/mol. The van der Waals surface area contributed by atoms with Gasteiger partial charge in [0.2, 0.25) is 0 Å². The fraction of sp³-hybridized carbons (Fsp3) is 0.500. The molecule has 0 aliphatic rings. The standard InChI is InChI=1S/C6H8ClNO4/c1-3-11-6(10)5(7)8-12-4(2)9/h3H2,1-2H3. The van der Waals surface area contributed by atoms with E-state index in [1.807, 2.05) is 0 Å². The largest absolute Gasteiger partial charge is 0.461 e. The molecule has 0 amide bonds. The number of carbonyl (C=O) groups is 2. The molecule has 0 aromatic carbocycles. The van der Waals surface area contributed by atoms with Crippen molar-refractivity contribution in [3.05, 3.63) is 0 Å². The summed E-state index contributed by atoms with van der Waals surface area (Å²) in [6, 6.07) is 0. The molecule has 6 heteroatoms. The number of rotatable bonds is 3. The Morgan fingerprint density at radius 3 is 2.50 bits per heavy atom. The van der Waals surface area contributed by atoms with Gasteiger partial charge in [0, 0.05) is 6.92 Å². The van der Waals surface area contributed by atoms with E-state index in [4.69, 9.17) is 11.6 Å². The van der Waals surface area contributed by atoms with E-state index in [1.54, 1.807) is 6.92 Å². The molecule has 0 heterocycles. The second kappa shape index (κ2) is 5.54. The average Bonchev–Trinajstić information content (AvgIpc) is 2.00. The Hall–Kier alpha value is -1.10. The van der Waals surface area contributed by atoms with Gasteiger partial charge in [0.05, 0.1) is 6.61 Å². The molecule has 0 saturated carbocycles. The fourth-order valence-corrected chi connectivity index (χ4v) is 0.421. The van der Waals surface area contributed by atoms with E-state index in [9.17, 15) is 9.59 Å². The Balaban J connectivity index is 3.99. The Labute approximate surface area is 74.3 Å². The van der Waals surface area contributed by atoms with Crippen molar-refractivity contribution in [1.29, 1.82) is 0 Å². The first-order chi connectivity index (χ1) is 5.57. The van der Waals surface area contributed by atoms with Gasteiger partial charge in [-0.1, -0.05) is 16.8 Å². The van der Waals surface area contributed by atoms with Crippen molar-refractivity contribution in [2.75, 3.05) is 6.61 Å².